The average Bonchev–Trinajstić information content (AvgIpc) is 2.34. The van der Waals surface area contributed by atoms with Crippen LogP contribution >= 0.6 is 0 Å². The Morgan fingerprint density at radius 2 is 1.88 bits per heavy atom. The van der Waals surface area contributed by atoms with Crippen molar-refractivity contribution in [2.45, 2.75) is 39.2 Å². The lowest BCUT2D eigenvalue weighted by molar-refractivity contribution is -0.153. The molecule has 3 nitrogen and oxygen atoms in total. The maximum absolute atomic E-state index is 11.6. The summed E-state index contributed by atoms with van der Waals surface area (Å²) in [6.07, 6.45) is 1.09. The second-order valence-corrected chi connectivity index (χ2v) is 3.94. The maximum atomic E-state index is 11.6. The van der Waals surface area contributed by atoms with Crippen LogP contribution in [0, 0.1) is 0 Å². The van der Waals surface area contributed by atoms with Crippen molar-refractivity contribution in [1.82, 2.24) is 0 Å². The second-order valence-electron chi connectivity index (χ2n) is 3.94. The van der Waals surface area contributed by atoms with E-state index in [-0.39, 0.29) is 5.78 Å². The van der Waals surface area contributed by atoms with Gasteiger partial charge in [-0.15, -0.1) is 0 Å². The highest BCUT2D eigenvalue weighted by Crippen LogP contribution is 2.10. The van der Waals surface area contributed by atoms with Crippen LogP contribution in [0.1, 0.15) is 32.3 Å². The van der Waals surface area contributed by atoms with Gasteiger partial charge in [0.2, 0.25) is 0 Å². The van der Waals surface area contributed by atoms with Crippen molar-refractivity contribution in [1.29, 1.82) is 0 Å². The predicted molar refractivity (Wildman–Crippen MR) is 65.6 cm³/mol. The van der Waals surface area contributed by atoms with Crippen LogP contribution in [-0.2, 0) is 20.7 Å². The highest BCUT2D eigenvalue weighted by Gasteiger charge is 2.19. The average molecular weight is 234 g/mol. The van der Waals surface area contributed by atoms with Gasteiger partial charge in [0.1, 0.15) is 0 Å². The minimum absolute atomic E-state index is 0.0175. The van der Waals surface area contributed by atoms with Crippen LogP contribution in [0.25, 0.3) is 0 Å². The highest BCUT2D eigenvalue weighted by molar-refractivity contribution is 5.84. The Morgan fingerprint density at radius 3 is 2.41 bits per heavy atom. The topological polar surface area (TPSA) is 43.4 Å². The minimum Gasteiger partial charge on any atom is -0.455 e. The molecule has 0 saturated heterocycles. The standard InChI is InChI=1S/C14H18O3/c1-3-13(16)14(17-11(2)15)10-9-12-7-5-4-6-8-12/h4-8,14H,3,9-10H2,1-2H3. The summed E-state index contributed by atoms with van der Waals surface area (Å²) in [7, 11) is 0. The first-order valence-corrected chi connectivity index (χ1v) is 5.87. The number of ketones is 1. The van der Waals surface area contributed by atoms with Crippen molar-refractivity contribution < 1.29 is 14.3 Å². The van der Waals surface area contributed by atoms with Crippen LogP contribution in [0.15, 0.2) is 30.3 Å². The fourth-order valence-corrected chi connectivity index (χ4v) is 1.66. The third-order valence-corrected chi connectivity index (χ3v) is 2.55. The van der Waals surface area contributed by atoms with E-state index in [0.29, 0.717) is 12.8 Å². The Labute approximate surface area is 102 Å². The molecule has 0 aliphatic heterocycles. The van der Waals surface area contributed by atoms with Gasteiger partial charge in [-0.3, -0.25) is 9.59 Å². The number of carbonyl (C=O) groups is 2. The number of carbonyl (C=O) groups excluding carboxylic acids is 2. The molecule has 17 heavy (non-hydrogen) atoms. The molecule has 1 aromatic rings. The van der Waals surface area contributed by atoms with Gasteiger partial charge in [0.15, 0.2) is 11.9 Å². The summed E-state index contributed by atoms with van der Waals surface area (Å²) in [6.45, 7) is 3.11. The Bertz CT molecular complexity index is 370. The lowest BCUT2D eigenvalue weighted by atomic mass is 10.0. The van der Waals surface area contributed by atoms with Crippen molar-refractivity contribution in [3.8, 4) is 0 Å². The van der Waals surface area contributed by atoms with E-state index in [4.69, 9.17) is 4.74 Å². The molecule has 1 unspecified atom stereocenters. The molecule has 1 aromatic carbocycles. The maximum Gasteiger partial charge on any atom is 0.303 e. The Morgan fingerprint density at radius 1 is 1.24 bits per heavy atom. The first kappa shape index (κ1) is 13.4. The molecule has 0 aliphatic carbocycles. The molecular weight excluding hydrogens is 216 g/mol. The summed E-state index contributed by atoms with van der Waals surface area (Å²) >= 11 is 0. The predicted octanol–water partition coefficient (Wildman–Crippen LogP) is 2.53. The number of rotatable bonds is 6. The Kier molecular flexibility index (Phi) is 5.40. The van der Waals surface area contributed by atoms with Crippen LogP contribution < -0.4 is 0 Å². The molecule has 0 aromatic heterocycles. The molecule has 0 amide bonds. The molecule has 3 heteroatoms. The molecule has 1 atom stereocenters. The molecular formula is C14H18O3. The zero-order chi connectivity index (χ0) is 12.7. The summed E-state index contributed by atoms with van der Waals surface area (Å²) in [5.41, 5.74) is 1.15. The first-order chi connectivity index (χ1) is 8.13. The summed E-state index contributed by atoms with van der Waals surface area (Å²) in [4.78, 5) is 22.5. The smallest absolute Gasteiger partial charge is 0.303 e. The van der Waals surface area contributed by atoms with Crippen LogP contribution in [0.3, 0.4) is 0 Å². The van der Waals surface area contributed by atoms with Gasteiger partial charge in [-0.05, 0) is 18.4 Å². The van der Waals surface area contributed by atoms with Crippen molar-refractivity contribution in [3.05, 3.63) is 35.9 Å². The molecule has 0 fully saturated rings. The van der Waals surface area contributed by atoms with Crippen LogP contribution in [-0.4, -0.2) is 17.9 Å². The van der Waals surface area contributed by atoms with E-state index < -0.39 is 12.1 Å². The van der Waals surface area contributed by atoms with Gasteiger partial charge in [-0.2, -0.15) is 0 Å². The molecule has 0 aliphatic rings. The first-order valence-electron chi connectivity index (χ1n) is 5.87. The van der Waals surface area contributed by atoms with Crippen molar-refractivity contribution in [3.63, 3.8) is 0 Å². The van der Waals surface area contributed by atoms with E-state index >= 15 is 0 Å². The lowest BCUT2D eigenvalue weighted by Crippen LogP contribution is -2.26. The fraction of sp³-hybridized carbons (Fsp3) is 0.429. The third-order valence-electron chi connectivity index (χ3n) is 2.55. The van der Waals surface area contributed by atoms with Gasteiger partial charge in [0.25, 0.3) is 0 Å². The van der Waals surface area contributed by atoms with E-state index in [0.717, 1.165) is 12.0 Å². The van der Waals surface area contributed by atoms with Crippen molar-refractivity contribution in [2.75, 3.05) is 0 Å². The molecule has 0 heterocycles. The highest BCUT2D eigenvalue weighted by atomic mass is 16.5. The Balaban J connectivity index is 2.55. The van der Waals surface area contributed by atoms with Gasteiger partial charge in [-0.25, -0.2) is 0 Å². The molecule has 0 spiro atoms. The quantitative estimate of drug-likeness (QED) is 0.710. The zero-order valence-electron chi connectivity index (χ0n) is 10.3. The van der Waals surface area contributed by atoms with Crippen LogP contribution in [0.2, 0.25) is 0 Å². The van der Waals surface area contributed by atoms with E-state index in [9.17, 15) is 9.59 Å². The molecule has 0 bridgehead atoms. The number of Topliss-reactive ketones (excluding diaryl/α,β-unsaturated/α-hetero) is 1. The second kappa shape index (κ2) is 6.84. The monoisotopic (exact) mass is 234 g/mol. The number of benzene rings is 1. The van der Waals surface area contributed by atoms with E-state index in [1.807, 2.05) is 30.3 Å². The minimum atomic E-state index is -0.599. The van der Waals surface area contributed by atoms with Crippen molar-refractivity contribution in [2.24, 2.45) is 0 Å². The Hall–Kier alpha value is -1.64. The molecule has 92 valence electrons. The zero-order valence-corrected chi connectivity index (χ0v) is 10.3. The molecule has 0 N–H and O–H groups in total. The molecule has 1 rings (SSSR count). The van der Waals surface area contributed by atoms with Crippen LogP contribution in [0.4, 0.5) is 0 Å². The largest absolute Gasteiger partial charge is 0.455 e. The number of hydrogen-bond acceptors (Lipinski definition) is 3. The lowest BCUT2D eigenvalue weighted by Gasteiger charge is -2.14. The van der Waals surface area contributed by atoms with Gasteiger partial charge in [0, 0.05) is 13.3 Å². The third kappa shape index (κ3) is 4.81. The molecule has 0 saturated carbocycles. The normalized spacial score (nSPS) is 11.9. The van der Waals surface area contributed by atoms with E-state index in [2.05, 4.69) is 0 Å². The summed E-state index contributed by atoms with van der Waals surface area (Å²) in [5, 5.41) is 0. The SMILES string of the molecule is CCC(=O)C(CCc1ccccc1)OC(C)=O. The van der Waals surface area contributed by atoms with Gasteiger partial charge >= 0.3 is 5.97 Å². The molecule has 0 radical (unpaired) electrons. The summed E-state index contributed by atoms with van der Waals surface area (Å²) < 4.78 is 5.04. The van der Waals surface area contributed by atoms with E-state index in [1.165, 1.54) is 6.92 Å². The van der Waals surface area contributed by atoms with E-state index in [1.54, 1.807) is 6.92 Å². The number of hydrogen-bond donors (Lipinski definition) is 0. The number of esters is 1. The summed E-state index contributed by atoms with van der Waals surface area (Å²) in [6, 6.07) is 9.86. The number of aryl methyl sites for hydroxylation is 1. The van der Waals surface area contributed by atoms with Gasteiger partial charge < -0.3 is 4.74 Å². The van der Waals surface area contributed by atoms with Gasteiger partial charge in [0.05, 0.1) is 0 Å². The van der Waals surface area contributed by atoms with Crippen LogP contribution in [0.5, 0.6) is 0 Å². The van der Waals surface area contributed by atoms with Gasteiger partial charge in [-0.1, -0.05) is 37.3 Å². The number of ether oxygens (including phenoxy) is 1. The van der Waals surface area contributed by atoms with Crippen molar-refractivity contribution >= 4 is 11.8 Å². The fourth-order valence-electron chi connectivity index (χ4n) is 1.66. The summed E-state index contributed by atoms with van der Waals surface area (Å²) in [5.74, 6) is -0.416.